The van der Waals surface area contributed by atoms with Gasteiger partial charge in [-0.25, -0.2) is 4.39 Å². The highest BCUT2D eigenvalue weighted by molar-refractivity contribution is 6.31. The van der Waals surface area contributed by atoms with E-state index >= 15 is 0 Å². The van der Waals surface area contributed by atoms with Crippen LogP contribution in [0, 0.1) is 5.82 Å². The lowest BCUT2D eigenvalue weighted by molar-refractivity contribution is 0.155. The predicted molar refractivity (Wildman–Crippen MR) is 63.3 cm³/mol. The van der Waals surface area contributed by atoms with Gasteiger partial charge in [-0.15, -0.1) is 0 Å². The van der Waals surface area contributed by atoms with E-state index < -0.39 is 5.82 Å². The van der Waals surface area contributed by atoms with Crippen molar-refractivity contribution in [3.63, 3.8) is 0 Å². The summed E-state index contributed by atoms with van der Waals surface area (Å²) in [6.07, 6.45) is 5.79. The third-order valence-corrected chi connectivity index (χ3v) is 3.19. The molecule has 1 aliphatic rings. The van der Waals surface area contributed by atoms with Crippen LogP contribution in [-0.4, -0.2) is 6.10 Å². The molecule has 0 heterocycles. The van der Waals surface area contributed by atoms with Gasteiger partial charge in [0.1, 0.15) is 11.6 Å². The van der Waals surface area contributed by atoms with Crippen molar-refractivity contribution in [2.75, 3.05) is 5.73 Å². The summed E-state index contributed by atoms with van der Waals surface area (Å²) in [7, 11) is 0. The quantitative estimate of drug-likeness (QED) is 0.803. The Morgan fingerprint density at radius 2 is 1.94 bits per heavy atom. The maximum Gasteiger partial charge on any atom is 0.145 e. The first-order valence-electron chi connectivity index (χ1n) is 5.58. The molecule has 1 aromatic rings. The van der Waals surface area contributed by atoms with Gasteiger partial charge in [-0.2, -0.15) is 0 Å². The van der Waals surface area contributed by atoms with Gasteiger partial charge in [-0.05, 0) is 31.7 Å². The molecule has 2 rings (SSSR count). The van der Waals surface area contributed by atoms with Crippen molar-refractivity contribution in [1.82, 2.24) is 0 Å². The molecule has 1 aliphatic carbocycles. The second kappa shape index (κ2) is 4.91. The molecule has 1 aromatic carbocycles. The molecule has 0 aromatic heterocycles. The molecular weight excluding hydrogens is 229 g/mol. The second-order valence-electron chi connectivity index (χ2n) is 4.18. The van der Waals surface area contributed by atoms with Gasteiger partial charge in [0.05, 0.1) is 16.8 Å². The number of rotatable bonds is 2. The molecule has 0 aliphatic heterocycles. The summed E-state index contributed by atoms with van der Waals surface area (Å²) in [5.41, 5.74) is 6.13. The van der Waals surface area contributed by atoms with Gasteiger partial charge in [0, 0.05) is 6.07 Å². The SMILES string of the molecule is Nc1cc(Cl)c(F)cc1OC1CCCCC1. The standard InChI is InChI=1S/C12H15ClFNO/c13-9-6-11(15)12(7-10(9)14)16-8-4-2-1-3-5-8/h6-8H,1-5,15H2. The van der Waals surface area contributed by atoms with Crippen LogP contribution in [0.15, 0.2) is 12.1 Å². The maximum absolute atomic E-state index is 13.2. The fraction of sp³-hybridized carbons (Fsp3) is 0.500. The van der Waals surface area contributed by atoms with E-state index in [1.54, 1.807) is 0 Å². The smallest absolute Gasteiger partial charge is 0.145 e. The van der Waals surface area contributed by atoms with E-state index in [4.69, 9.17) is 22.1 Å². The molecule has 0 unspecified atom stereocenters. The first kappa shape index (κ1) is 11.5. The molecule has 2 N–H and O–H groups in total. The van der Waals surface area contributed by atoms with Crippen LogP contribution in [0.4, 0.5) is 10.1 Å². The molecule has 88 valence electrons. The number of benzene rings is 1. The van der Waals surface area contributed by atoms with E-state index in [9.17, 15) is 4.39 Å². The van der Waals surface area contributed by atoms with Crippen molar-refractivity contribution in [2.24, 2.45) is 0 Å². The topological polar surface area (TPSA) is 35.2 Å². The third kappa shape index (κ3) is 2.59. The highest BCUT2D eigenvalue weighted by Gasteiger charge is 2.17. The number of nitrogen functional groups attached to an aromatic ring is 1. The minimum Gasteiger partial charge on any atom is -0.488 e. The zero-order valence-electron chi connectivity index (χ0n) is 9.01. The van der Waals surface area contributed by atoms with Crippen molar-refractivity contribution in [2.45, 2.75) is 38.2 Å². The molecule has 1 saturated carbocycles. The number of hydrogen-bond donors (Lipinski definition) is 1. The van der Waals surface area contributed by atoms with E-state index in [0.717, 1.165) is 12.8 Å². The Kier molecular flexibility index (Phi) is 3.54. The van der Waals surface area contributed by atoms with Crippen molar-refractivity contribution in [1.29, 1.82) is 0 Å². The van der Waals surface area contributed by atoms with Gasteiger partial charge in [0.2, 0.25) is 0 Å². The molecular formula is C12H15ClFNO. The molecule has 1 fully saturated rings. The first-order valence-corrected chi connectivity index (χ1v) is 5.96. The maximum atomic E-state index is 13.2. The van der Waals surface area contributed by atoms with Crippen LogP contribution in [-0.2, 0) is 0 Å². The Morgan fingerprint density at radius 3 is 2.62 bits per heavy atom. The van der Waals surface area contributed by atoms with Crippen LogP contribution in [0.2, 0.25) is 5.02 Å². The molecule has 0 atom stereocenters. The zero-order valence-corrected chi connectivity index (χ0v) is 9.77. The van der Waals surface area contributed by atoms with E-state index in [2.05, 4.69) is 0 Å². The summed E-state index contributed by atoms with van der Waals surface area (Å²) < 4.78 is 18.9. The number of halogens is 2. The van der Waals surface area contributed by atoms with Crippen molar-refractivity contribution in [3.8, 4) is 5.75 Å². The van der Waals surface area contributed by atoms with Gasteiger partial charge in [0.25, 0.3) is 0 Å². The van der Waals surface area contributed by atoms with Crippen LogP contribution in [0.5, 0.6) is 5.75 Å². The summed E-state index contributed by atoms with van der Waals surface area (Å²) in [5.74, 6) is -0.0736. The van der Waals surface area contributed by atoms with Crippen LogP contribution in [0.1, 0.15) is 32.1 Å². The van der Waals surface area contributed by atoms with Gasteiger partial charge >= 0.3 is 0 Å². The first-order chi connectivity index (χ1) is 7.66. The molecule has 0 bridgehead atoms. The molecule has 0 saturated heterocycles. The van der Waals surface area contributed by atoms with Gasteiger partial charge in [0.15, 0.2) is 0 Å². The molecule has 2 nitrogen and oxygen atoms in total. The molecule has 0 amide bonds. The molecule has 4 heteroatoms. The Labute approximate surface area is 99.5 Å². The molecule has 16 heavy (non-hydrogen) atoms. The minimum absolute atomic E-state index is 0.0356. The lowest BCUT2D eigenvalue weighted by Crippen LogP contribution is -2.20. The lowest BCUT2D eigenvalue weighted by Gasteiger charge is -2.23. The van der Waals surface area contributed by atoms with E-state index in [1.165, 1.54) is 31.4 Å². The Hall–Kier alpha value is -0.960. The van der Waals surface area contributed by atoms with Gasteiger partial charge in [-0.3, -0.25) is 0 Å². The highest BCUT2D eigenvalue weighted by atomic mass is 35.5. The fourth-order valence-electron chi connectivity index (χ4n) is 2.01. The largest absolute Gasteiger partial charge is 0.488 e. The summed E-state index contributed by atoms with van der Waals surface area (Å²) in [5, 5.41) is 0.0356. The van der Waals surface area contributed by atoms with E-state index in [0.29, 0.717) is 11.4 Å². The zero-order chi connectivity index (χ0) is 11.5. The van der Waals surface area contributed by atoms with Crippen molar-refractivity contribution >= 4 is 17.3 Å². The minimum atomic E-state index is -0.485. The fourth-order valence-corrected chi connectivity index (χ4v) is 2.18. The molecule has 0 spiro atoms. The van der Waals surface area contributed by atoms with Crippen LogP contribution < -0.4 is 10.5 Å². The van der Waals surface area contributed by atoms with Crippen LogP contribution >= 0.6 is 11.6 Å². The van der Waals surface area contributed by atoms with Gasteiger partial charge < -0.3 is 10.5 Å². The summed E-state index contributed by atoms with van der Waals surface area (Å²) >= 11 is 5.62. The Balaban J connectivity index is 2.11. The van der Waals surface area contributed by atoms with Crippen molar-refractivity contribution < 1.29 is 9.13 Å². The number of hydrogen-bond acceptors (Lipinski definition) is 2. The Bertz CT molecular complexity index is 378. The predicted octanol–water partition coefficient (Wildman–Crippen LogP) is 3.77. The van der Waals surface area contributed by atoms with Crippen LogP contribution in [0.25, 0.3) is 0 Å². The third-order valence-electron chi connectivity index (χ3n) is 2.90. The van der Waals surface area contributed by atoms with E-state index in [1.807, 2.05) is 0 Å². The average Bonchev–Trinajstić information content (AvgIpc) is 2.27. The lowest BCUT2D eigenvalue weighted by atomic mass is 9.98. The summed E-state index contributed by atoms with van der Waals surface area (Å²) in [6, 6.07) is 2.67. The summed E-state index contributed by atoms with van der Waals surface area (Å²) in [6.45, 7) is 0. The molecule has 0 radical (unpaired) electrons. The number of anilines is 1. The Morgan fingerprint density at radius 1 is 1.25 bits per heavy atom. The van der Waals surface area contributed by atoms with E-state index in [-0.39, 0.29) is 11.1 Å². The second-order valence-corrected chi connectivity index (χ2v) is 4.59. The average molecular weight is 244 g/mol. The summed E-state index contributed by atoms with van der Waals surface area (Å²) in [4.78, 5) is 0. The normalized spacial score (nSPS) is 17.4. The van der Waals surface area contributed by atoms with Crippen molar-refractivity contribution in [3.05, 3.63) is 23.0 Å². The monoisotopic (exact) mass is 243 g/mol. The van der Waals surface area contributed by atoms with Crippen LogP contribution in [0.3, 0.4) is 0 Å². The number of nitrogens with two attached hydrogens (primary N) is 1. The van der Waals surface area contributed by atoms with Gasteiger partial charge in [-0.1, -0.05) is 18.0 Å². The highest BCUT2D eigenvalue weighted by Crippen LogP contribution is 2.31. The number of ether oxygens (including phenoxy) is 1.